The van der Waals surface area contributed by atoms with Gasteiger partial charge in [0.05, 0.1) is 4.53 Å². The first-order valence-corrected chi connectivity index (χ1v) is 9.72. The molecule has 5 aromatic rings. The van der Waals surface area contributed by atoms with Crippen molar-refractivity contribution in [1.29, 1.82) is 0 Å². The van der Waals surface area contributed by atoms with Gasteiger partial charge in [-0.05, 0) is 48.0 Å². The van der Waals surface area contributed by atoms with E-state index >= 15 is 0 Å². The quantitative estimate of drug-likeness (QED) is 0.463. The summed E-state index contributed by atoms with van der Waals surface area (Å²) in [7, 11) is 0. The molecule has 0 unspecified atom stereocenters. The van der Waals surface area contributed by atoms with Crippen LogP contribution in [0.15, 0.2) is 83.9 Å². The molecule has 3 heterocycles. The van der Waals surface area contributed by atoms with Crippen LogP contribution in [0.5, 0.6) is 11.5 Å². The molecule has 0 spiro atoms. The van der Waals surface area contributed by atoms with Gasteiger partial charge < -0.3 is 4.74 Å². The van der Waals surface area contributed by atoms with Crippen LogP contribution in [0.25, 0.3) is 22.4 Å². The third kappa shape index (κ3) is 3.51. The molecule has 0 saturated carbocycles. The van der Waals surface area contributed by atoms with Crippen molar-refractivity contribution in [2.75, 3.05) is 0 Å². The van der Waals surface area contributed by atoms with E-state index in [0.29, 0.717) is 21.1 Å². The summed E-state index contributed by atoms with van der Waals surface area (Å²) >= 11 is 1.30. The van der Waals surface area contributed by atoms with Gasteiger partial charge in [0.2, 0.25) is 4.96 Å². The third-order valence-corrected chi connectivity index (χ3v) is 5.20. The standard InChI is InChI=1S/C22H14N4O2S/c27-21-19(29-22-24-20(25-26(21)22)16-7-5-11-23-14-16)13-15-6-4-10-18(12-15)28-17-8-2-1-3-9-17/h1-14H/b19-13-. The second-order valence-corrected chi connectivity index (χ2v) is 7.28. The van der Waals surface area contributed by atoms with Gasteiger partial charge in [0.25, 0.3) is 5.56 Å². The molecule has 5 rings (SSSR count). The topological polar surface area (TPSA) is 69.4 Å². The maximum Gasteiger partial charge on any atom is 0.291 e. The minimum Gasteiger partial charge on any atom is -0.457 e. The fourth-order valence-corrected chi connectivity index (χ4v) is 3.80. The van der Waals surface area contributed by atoms with Crippen molar-refractivity contribution in [1.82, 2.24) is 19.6 Å². The van der Waals surface area contributed by atoms with Crippen molar-refractivity contribution in [3.05, 3.63) is 99.6 Å². The number of pyridine rings is 1. The average molecular weight is 398 g/mol. The number of fused-ring (bicyclic) bond motifs is 1. The zero-order valence-corrected chi connectivity index (χ0v) is 15.9. The second-order valence-electron chi connectivity index (χ2n) is 6.27. The van der Waals surface area contributed by atoms with Crippen LogP contribution in [-0.2, 0) is 0 Å². The summed E-state index contributed by atoms with van der Waals surface area (Å²) in [6.45, 7) is 0. The van der Waals surface area contributed by atoms with E-state index in [1.165, 1.54) is 15.9 Å². The summed E-state index contributed by atoms with van der Waals surface area (Å²) in [5.41, 5.74) is 1.45. The number of nitrogens with zero attached hydrogens (tertiary/aromatic N) is 4. The molecular formula is C22H14N4O2S. The maximum atomic E-state index is 12.7. The number of hydrogen-bond acceptors (Lipinski definition) is 6. The van der Waals surface area contributed by atoms with Crippen LogP contribution in [0.4, 0.5) is 0 Å². The molecular weight excluding hydrogens is 384 g/mol. The van der Waals surface area contributed by atoms with Crippen molar-refractivity contribution in [2.45, 2.75) is 0 Å². The van der Waals surface area contributed by atoms with Crippen LogP contribution >= 0.6 is 11.3 Å². The zero-order chi connectivity index (χ0) is 19.6. The summed E-state index contributed by atoms with van der Waals surface area (Å²) < 4.78 is 7.77. The highest BCUT2D eigenvalue weighted by Crippen LogP contribution is 2.22. The van der Waals surface area contributed by atoms with Crippen LogP contribution in [0.1, 0.15) is 5.56 Å². The predicted molar refractivity (Wildman–Crippen MR) is 112 cm³/mol. The Morgan fingerprint density at radius 3 is 2.62 bits per heavy atom. The van der Waals surface area contributed by atoms with E-state index < -0.39 is 0 Å². The lowest BCUT2D eigenvalue weighted by Crippen LogP contribution is -2.23. The molecule has 0 atom stereocenters. The number of aromatic nitrogens is 4. The molecule has 2 aromatic carbocycles. The molecule has 0 N–H and O–H groups in total. The Morgan fingerprint density at radius 2 is 1.83 bits per heavy atom. The van der Waals surface area contributed by atoms with E-state index in [1.807, 2.05) is 72.8 Å². The lowest BCUT2D eigenvalue weighted by Gasteiger charge is -2.05. The first kappa shape index (κ1) is 17.3. The van der Waals surface area contributed by atoms with Gasteiger partial charge in [-0.3, -0.25) is 9.78 Å². The Balaban J connectivity index is 1.49. The molecule has 0 aliphatic heterocycles. The fourth-order valence-electron chi connectivity index (χ4n) is 2.89. The molecule has 0 radical (unpaired) electrons. The van der Waals surface area contributed by atoms with Crippen molar-refractivity contribution in [3.8, 4) is 22.9 Å². The average Bonchev–Trinajstić information content (AvgIpc) is 3.29. The first-order valence-electron chi connectivity index (χ1n) is 8.91. The van der Waals surface area contributed by atoms with Gasteiger partial charge in [-0.25, -0.2) is 0 Å². The van der Waals surface area contributed by atoms with Crippen LogP contribution in [0, 0.1) is 0 Å². The summed E-state index contributed by atoms with van der Waals surface area (Å²) in [4.78, 5) is 21.8. The summed E-state index contributed by atoms with van der Waals surface area (Å²) in [5, 5.41) is 4.34. The molecule has 0 saturated heterocycles. The zero-order valence-electron chi connectivity index (χ0n) is 15.1. The predicted octanol–water partition coefficient (Wildman–Crippen LogP) is 3.55. The molecule has 6 nitrogen and oxygen atoms in total. The number of rotatable bonds is 4. The van der Waals surface area contributed by atoms with Crippen molar-refractivity contribution in [3.63, 3.8) is 0 Å². The van der Waals surface area contributed by atoms with Gasteiger partial charge in [-0.2, -0.15) is 9.50 Å². The minimum atomic E-state index is -0.193. The lowest BCUT2D eigenvalue weighted by atomic mass is 10.2. The van der Waals surface area contributed by atoms with Gasteiger partial charge >= 0.3 is 0 Å². The molecule has 0 bridgehead atoms. The van der Waals surface area contributed by atoms with Crippen LogP contribution in [0.2, 0.25) is 0 Å². The van der Waals surface area contributed by atoms with Gasteiger partial charge in [0.1, 0.15) is 11.5 Å². The maximum absolute atomic E-state index is 12.7. The summed E-state index contributed by atoms with van der Waals surface area (Å²) in [5.74, 6) is 1.96. The second kappa shape index (κ2) is 7.29. The Labute approximate surface area is 169 Å². The third-order valence-electron chi connectivity index (χ3n) is 4.24. The lowest BCUT2D eigenvalue weighted by molar-refractivity contribution is 0.482. The van der Waals surface area contributed by atoms with Gasteiger partial charge in [-0.1, -0.05) is 41.7 Å². The van der Waals surface area contributed by atoms with E-state index in [2.05, 4.69) is 15.1 Å². The van der Waals surface area contributed by atoms with Crippen molar-refractivity contribution < 1.29 is 4.74 Å². The van der Waals surface area contributed by atoms with Crippen LogP contribution in [-0.4, -0.2) is 19.6 Å². The number of hydrogen-bond donors (Lipinski definition) is 0. The Kier molecular flexibility index (Phi) is 4.34. The highest BCUT2D eigenvalue weighted by atomic mass is 32.1. The molecule has 0 aliphatic carbocycles. The van der Waals surface area contributed by atoms with E-state index in [9.17, 15) is 4.79 Å². The highest BCUT2D eigenvalue weighted by molar-refractivity contribution is 7.15. The van der Waals surface area contributed by atoms with E-state index in [0.717, 1.165) is 16.9 Å². The van der Waals surface area contributed by atoms with Gasteiger partial charge in [0.15, 0.2) is 5.82 Å². The van der Waals surface area contributed by atoms with Gasteiger partial charge in [-0.15, -0.1) is 5.10 Å². The number of ether oxygens (including phenoxy) is 1. The minimum absolute atomic E-state index is 0.193. The number of para-hydroxylation sites is 1. The number of thiazole rings is 1. The molecule has 3 aromatic heterocycles. The van der Waals surface area contributed by atoms with E-state index in [1.54, 1.807) is 12.4 Å². The normalized spacial score (nSPS) is 11.8. The molecule has 140 valence electrons. The Morgan fingerprint density at radius 1 is 0.966 bits per heavy atom. The molecule has 0 amide bonds. The van der Waals surface area contributed by atoms with Crippen molar-refractivity contribution >= 4 is 22.4 Å². The van der Waals surface area contributed by atoms with E-state index in [-0.39, 0.29) is 5.56 Å². The molecule has 0 aliphatic rings. The Hall–Kier alpha value is -3.84. The largest absolute Gasteiger partial charge is 0.457 e. The molecule has 0 fully saturated rings. The first-order chi connectivity index (χ1) is 14.3. The fraction of sp³-hybridized carbons (Fsp3) is 0. The monoisotopic (exact) mass is 398 g/mol. The highest BCUT2D eigenvalue weighted by Gasteiger charge is 2.12. The van der Waals surface area contributed by atoms with E-state index in [4.69, 9.17) is 4.74 Å². The van der Waals surface area contributed by atoms with Gasteiger partial charge in [0, 0.05) is 18.0 Å². The molecule has 29 heavy (non-hydrogen) atoms. The molecule has 7 heteroatoms. The summed E-state index contributed by atoms with van der Waals surface area (Å²) in [6, 6.07) is 20.8. The van der Waals surface area contributed by atoms with Crippen molar-refractivity contribution in [2.24, 2.45) is 0 Å². The Bertz CT molecular complexity index is 1400. The number of benzene rings is 2. The SMILES string of the molecule is O=c1/c(=C/c2cccc(Oc3ccccc3)c2)sc2nc(-c3cccnc3)nn12. The smallest absolute Gasteiger partial charge is 0.291 e. The van der Waals surface area contributed by atoms with Crippen LogP contribution in [0.3, 0.4) is 0 Å². The summed E-state index contributed by atoms with van der Waals surface area (Å²) in [6.07, 6.45) is 5.18. The van der Waals surface area contributed by atoms with Crippen LogP contribution < -0.4 is 14.8 Å².